The first kappa shape index (κ1) is 26.6. The van der Waals surface area contributed by atoms with Gasteiger partial charge in [0.1, 0.15) is 5.69 Å². The fourth-order valence-corrected chi connectivity index (χ4v) is 7.08. The van der Waals surface area contributed by atoms with Crippen LogP contribution in [0.15, 0.2) is 60.8 Å². The lowest BCUT2D eigenvalue weighted by Gasteiger charge is -2.22. The van der Waals surface area contributed by atoms with E-state index in [1.54, 1.807) is 11.3 Å². The van der Waals surface area contributed by atoms with E-state index in [0.29, 0.717) is 12.3 Å². The third kappa shape index (κ3) is 5.12. The van der Waals surface area contributed by atoms with E-state index in [2.05, 4.69) is 84.0 Å². The molecule has 4 aromatic heterocycles. The second-order valence-corrected chi connectivity index (χ2v) is 12.8. The summed E-state index contributed by atoms with van der Waals surface area (Å²) in [5.41, 5.74) is 10.1. The Morgan fingerprint density at radius 2 is 1.79 bits per heavy atom. The molecule has 42 heavy (non-hydrogen) atoms. The second-order valence-electron chi connectivity index (χ2n) is 11.5. The highest BCUT2D eigenvalue weighted by atomic mass is 32.1. The maximum atomic E-state index is 12.9. The number of nitrogens with one attached hydrogen (secondary N) is 4. The molecule has 8 heteroatoms. The lowest BCUT2D eigenvalue weighted by molar-refractivity contribution is -0.117. The van der Waals surface area contributed by atoms with E-state index in [1.807, 2.05) is 18.3 Å². The Bertz CT molecular complexity index is 1940. The summed E-state index contributed by atoms with van der Waals surface area (Å²) in [7, 11) is 0. The molecule has 1 fully saturated rings. The molecule has 6 aromatic rings. The molecule has 7 rings (SSSR count). The molecule has 2 aromatic carbocycles. The average Bonchev–Trinajstić information content (AvgIpc) is 3.70. The summed E-state index contributed by atoms with van der Waals surface area (Å²) in [5.74, 6) is 0.541. The molecule has 1 amide bonds. The van der Waals surface area contributed by atoms with Gasteiger partial charge in [0, 0.05) is 39.5 Å². The monoisotopic (exact) mass is 574 g/mol. The van der Waals surface area contributed by atoms with Crippen molar-refractivity contribution in [1.29, 1.82) is 0 Å². The number of rotatable bonds is 6. The van der Waals surface area contributed by atoms with Crippen molar-refractivity contribution in [3.05, 3.63) is 76.8 Å². The van der Waals surface area contributed by atoms with Crippen molar-refractivity contribution >= 4 is 44.7 Å². The third-order valence-electron chi connectivity index (χ3n) is 8.29. The normalized spacial score (nSPS) is 14.2. The number of nitrogens with zero attached hydrogens (tertiary/aromatic N) is 2. The van der Waals surface area contributed by atoms with Crippen molar-refractivity contribution in [3.63, 3.8) is 0 Å². The van der Waals surface area contributed by atoms with Gasteiger partial charge in [-0.1, -0.05) is 6.07 Å². The molecule has 0 radical (unpaired) electrons. The molecule has 0 atom stereocenters. The number of aromatic amines is 2. The van der Waals surface area contributed by atoms with Gasteiger partial charge in [0.2, 0.25) is 5.91 Å². The van der Waals surface area contributed by atoms with Crippen LogP contribution in [0.4, 0.5) is 5.69 Å². The SMILES string of the molecule is Cc1cc(NC(=O)CC2CCNCC2)cc(-c2cc3c(-c4cc5c(-c6ccc(C)s6)nccc5[nH]4)n[nH]c3cc2C)c1. The Kier molecular flexibility index (Phi) is 6.88. The summed E-state index contributed by atoms with van der Waals surface area (Å²) in [6.45, 7) is 8.31. The molecule has 5 heterocycles. The van der Waals surface area contributed by atoms with Gasteiger partial charge >= 0.3 is 0 Å². The minimum atomic E-state index is 0.0909. The van der Waals surface area contributed by atoms with Crippen LogP contribution >= 0.6 is 11.3 Å². The van der Waals surface area contributed by atoms with Gasteiger partial charge in [-0.25, -0.2) is 0 Å². The first-order valence-corrected chi connectivity index (χ1v) is 15.4. The van der Waals surface area contributed by atoms with E-state index in [9.17, 15) is 4.79 Å². The number of benzene rings is 2. The number of H-pyrrole nitrogens is 2. The number of piperidine rings is 1. The molecule has 1 aliphatic rings. The van der Waals surface area contributed by atoms with Crippen LogP contribution in [0.2, 0.25) is 0 Å². The highest BCUT2D eigenvalue weighted by molar-refractivity contribution is 7.15. The Labute approximate surface area is 248 Å². The summed E-state index contributed by atoms with van der Waals surface area (Å²) in [5, 5.41) is 16.7. The van der Waals surface area contributed by atoms with E-state index in [1.165, 1.54) is 4.88 Å². The predicted octanol–water partition coefficient (Wildman–Crippen LogP) is 7.76. The molecule has 1 saturated heterocycles. The van der Waals surface area contributed by atoms with E-state index < -0.39 is 0 Å². The first-order valence-electron chi connectivity index (χ1n) is 14.6. The molecular weight excluding hydrogens is 540 g/mol. The van der Waals surface area contributed by atoms with E-state index in [0.717, 1.165) is 97.6 Å². The Balaban J connectivity index is 1.24. The Morgan fingerprint density at radius 3 is 2.60 bits per heavy atom. The van der Waals surface area contributed by atoms with Gasteiger partial charge in [-0.15, -0.1) is 11.3 Å². The lowest BCUT2D eigenvalue weighted by Crippen LogP contribution is -2.30. The molecular formula is C34H34N6OS. The molecule has 0 aliphatic carbocycles. The topological polar surface area (TPSA) is 98.5 Å². The zero-order chi connectivity index (χ0) is 28.8. The number of carbonyl (C=O) groups is 1. The number of hydrogen-bond donors (Lipinski definition) is 4. The fourth-order valence-electron chi connectivity index (χ4n) is 6.20. The van der Waals surface area contributed by atoms with Gasteiger partial charge in [-0.2, -0.15) is 5.10 Å². The van der Waals surface area contributed by atoms with Crippen molar-refractivity contribution in [2.45, 2.75) is 40.0 Å². The summed E-state index contributed by atoms with van der Waals surface area (Å²) >= 11 is 1.75. The quantitative estimate of drug-likeness (QED) is 0.163. The van der Waals surface area contributed by atoms with Gasteiger partial charge < -0.3 is 15.6 Å². The maximum Gasteiger partial charge on any atom is 0.224 e. The van der Waals surface area contributed by atoms with Gasteiger partial charge in [0.15, 0.2) is 0 Å². The molecule has 0 bridgehead atoms. The van der Waals surface area contributed by atoms with Crippen molar-refractivity contribution in [2.24, 2.45) is 5.92 Å². The van der Waals surface area contributed by atoms with Crippen molar-refractivity contribution < 1.29 is 4.79 Å². The van der Waals surface area contributed by atoms with E-state index in [4.69, 9.17) is 10.1 Å². The zero-order valence-corrected chi connectivity index (χ0v) is 24.9. The largest absolute Gasteiger partial charge is 0.353 e. The smallest absolute Gasteiger partial charge is 0.224 e. The van der Waals surface area contributed by atoms with Gasteiger partial charge in [-0.05, 0) is 123 Å². The average molecular weight is 575 g/mol. The fraction of sp³-hybridized carbons (Fsp3) is 0.265. The summed E-state index contributed by atoms with van der Waals surface area (Å²) in [6.07, 6.45) is 4.54. The van der Waals surface area contributed by atoms with Crippen LogP contribution in [-0.4, -0.2) is 39.2 Å². The minimum absolute atomic E-state index is 0.0909. The number of carbonyl (C=O) groups excluding carboxylic acids is 1. The molecule has 4 N–H and O–H groups in total. The highest BCUT2D eigenvalue weighted by Gasteiger charge is 2.19. The number of aryl methyl sites for hydroxylation is 3. The number of thiophene rings is 1. The zero-order valence-electron chi connectivity index (χ0n) is 24.1. The van der Waals surface area contributed by atoms with E-state index in [-0.39, 0.29) is 5.91 Å². The third-order valence-corrected chi connectivity index (χ3v) is 9.30. The predicted molar refractivity (Wildman–Crippen MR) is 173 cm³/mol. The lowest BCUT2D eigenvalue weighted by atomic mass is 9.94. The van der Waals surface area contributed by atoms with Gasteiger partial charge in [0.05, 0.1) is 21.8 Å². The van der Waals surface area contributed by atoms with E-state index >= 15 is 0 Å². The van der Waals surface area contributed by atoms with Crippen LogP contribution in [0.3, 0.4) is 0 Å². The van der Waals surface area contributed by atoms with Gasteiger partial charge in [-0.3, -0.25) is 14.9 Å². The molecule has 0 spiro atoms. The molecule has 7 nitrogen and oxygen atoms in total. The number of fused-ring (bicyclic) bond motifs is 2. The molecule has 1 aliphatic heterocycles. The van der Waals surface area contributed by atoms with Crippen LogP contribution in [0.1, 0.15) is 35.3 Å². The van der Waals surface area contributed by atoms with Crippen LogP contribution in [0.25, 0.3) is 54.9 Å². The number of anilines is 1. The summed E-state index contributed by atoms with van der Waals surface area (Å²) < 4.78 is 0. The van der Waals surface area contributed by atoms with Crippen LogP contribution in [0, 0.1) is 26.7 Å². The summed E-state index contributed by atoms with van der Waals surface area (Å²) in [6, 6.07) is 19.1. The van der Waals surface area contributed by atoms with Crippen LogP contribution in [0.5, 0.6) is 0 Å². The van der Waals surface area contributed by atoms with Crippen LogP contribution < -0.4 is 10.6 Å². The number of amides is 1. The van der Waals surface area contributed by atoms with Gasteiger partial charge in [0.25, 0.3) is 0 Å². The number of pyridine rings is 1. The highest BCUT2D eigenvalue weighted by Crippen LogP contribution is 2.37. The second kappa shape index (κ2) is 10.9. The number of hydrogen-bond acceptors (Lipinski definition) is 5. The molecule has 0 unspecified atom stereocenters. The Hall–Kier alpha value is -4.27. The molecule has 0 saturated carbocycles. The summed E-state index contributed by atoms with van der Waals surface area (Å²) in [4.78, 5) is 23.6. The maximum absolute atomic E-state index is 12.9. The van der Waals surface area contributed by atoms with Crippen molar-refractivity contribution in [2.75, 3.05) is 18.4 Å². The Morgan fingerprint density at radius 1 is 0.952 bits per heavy atom. The first-order chi connectivity index (χ1) is 20.4. The van der Waals surface area contributed by atoms with Crippen molar-refractivity contribution in [3.8, 4) is 33.1 Å². The standard InChI is InChI=1S/C34H34N6OS/c1-19-12-23(16-24(13-19)37-32(41)15-22-6-9-35-10-7-22)25-17-26-29(14-20(25)2)39-40-33(26)30-18-27-28(38-30)8-11-36-34(27)31-5-4-21(3)42-31/h4-5,8,11-14,16-18,22,35,38H,6-7,9-10,15H2,1-3H3,(H,37,41)(H,39,40). The van der Waals surface area contributed by atoms with Crippen LogP contribution in [-0.2, 0) is 4.79 Å². The number of aromatic nitrogens is 4. The molecule has 212 valence electrons. The van der Waals surface area contributed by atoms with Crippen molar-refractivity contribution in [1.82, 2.24) is 25.5 Å². The minimum Gasteiger partial charge on any atom is -0.353 e.